The third kappa shape index (κ3) is 7.05. The standard InChI is InChI=1S/C34H30N2O8S2/c1-2-24(20-34-36(23-46(40,41)42)30-22-28(14-16-32(30)44-34)26-11-7-4-8-12-26)19-33-35(17-18-45(37,38)39)29-21-27(13-15-31(29)43-33)25-9-5-3-6-10-25/h3-16,19-22H,2,17-18,23H2,1H3,(H-,37,38,39,40,41,42). The molecule has 236 valence electrons. The number of hydrogen-bond donors (Lipinski definition) is 1. The van der Waals surface area contributed by atoms with Crippen LogP contribution in [-0.4, -0.2) is 38.2 Å². The van der Waals surface area contributed by atoms with E-state index in [0.29, 0.717) is 40.4 Å². The molecular formula is C34H30N2O8S2. The minimum atomic E-state index is -4.53. The molecule has 4 aromatic carbocycles. The summed E-state index contributed by atoms with van der Waals surface area (Å²) in [5.74, 6) is -0.434. The van der Waals surface area contributed by atoms with Crippen LogP contribution in [0.5, 0.6) is 5.75 Å². The third-order valence-corrected chi connectivity index (χ3v) is 8.83. The number of nitrogens with zero attached hydrogens (tertiary/aromatic N) is 2. The van der Waals surface area contributed by atoms with Gasteiger partial charge in [-0.2, -0.15) is 8.42 Å². The highest BCUT2D eigenvalue weighted by Crippen LogP contribution is 2.42. The monoisotopic (exact) mass is 658 g/mol. The van der Waals surface area contributed by atoms with Gasteiger partial charge in [-0.05, 0) is 52.4 Å². The average molecular weight is 659 g/mol. The van der Waals surface area contributed by atoms with E-state index in [1.807, 2.05) is 85.8 Å². The van der Waals surface area contributed by atoms with Crippen molar-refractivity contribution in [1.82, 2.24) is 0 Å². The maximum Gasteiger partial charge on any atom is 0.375 e. The van der Waals surface area contributed by atoms with E-state index in [9.17, 15) is 25.9 Å². The maximum atomic E-state index is 12.1. The topological polar surface area (TPSA) is 141 Å². The summed E-state index contributed by atoms with van der Waals surface area (Å²) < 4.78 is 82.5. The molecule has 1 aromatic heterocycles. The van der Waals surface area contributed by atoms with Crippen LogP contribution in [0.2, 0.25) is 0 Å². The molecule has 0 bridgehead atoms. The van der Waals surface area contributed by atoms with Gasteiger partial charge in [0.1, 0.15) is 0 Å². The lowest BCUT2D eigenvalue weighted by molar-refractivity contribution is -0.658. The van der Waals surface area contributed by atoms with Crippen molar-refractivity contribution < 1.29 is 39.7 Å². The molecule has 6 rings (SSSR count). The van der Waals surface area contributed by atoms with Crippen molar-refractivity contribution in [1.29, 1.82) is 0 Å². The zero-order valence-corrected chi connectivity index (χ0v) is 26.4. The molecule has 0 saturated carbocycles. The Labute approximate surface area is 267 Å². The first-order valence-corrected chi connectivity index (χ1v) is 17.6. The molecule has 0 fully saturated rings. The summed E-state index contributed by atoms with van der Waals surface area (Å²) in [5.41, 5.74) is 5.73. The summed E-state index contributed by atoms with van der Waals surface area (Å²) in [6.45, 7) is 1.74. The lowest BCUT2D eigenvalue weighted by Gasteiger charge is -2.20. The van der Waals surface area contributed by atoms with Crippen molar-refractivity contribution >= 4 is 43.1 Å². The molecule has 0 atom stereocenters. The number of allylic oxidation sites excluding steroid dienone is 2. The van der Waals surface area contributed by atoms with Crippen molar-refractivity contribution in [2.75, 3.05) is 17.2 Å². The largest absolute Gasteiger partial charge is 0.748 e. The van der Waals surface area contributed by atoms with Gasteiger partial charge in [0.25, 0.3) is 11.4 Å². The molecule has 46 heavy (non-hydrogen) atoms. The Bertz CT molecular complexity index is 2190. The molecule has 10 nitrogen and oxygen atoms in total. The Kier molecular flexibility index (Phi) is 8.53. The van der Waals surface area contributed by atoms with E-state index >= 15 is 0 Å². The van der Waals surface area contributed by atoms with Gasteiger partial charge in [0.05, 0.1) is 27.6 Å². The highest BCUT2D eigenvalue weighted by Gasteiger charge is 2.29. The Balaban J connectivity index is 1.43. The Morgan fingerprint density at radius 3 is 2.11 bits per heavy atom. The van der Waals surface area contributed by atoms with Crippen LogP contribution >= 0.6 is 0 Å². The number of benzene rings is 4. The minimum Gasteiger partial charge on any atom is -0.748 e. The van der Waals surface area contributed by atoms with E-state index in [4.69, 9.17) is 9.15 Å². The SMILES string of the molecule is CCC(/C=C1\Oc2ccc(-c3ccccc3)cc2N1CCS(=O)(=O)[O-])=C\c1oc2ccc(-c3ccccc3)cc2[n+]1CS(=O)(=O)O. The molecule has 1 N–H and O–H groups in total. The number of aromatic nitrogens is 1. The van der Waals surface area contributed by atoms with Crippen molar-refractivity contribution in [3.05, 3.63) is 120 Å². The van der Waals surface area contributed by atoms with Crippen molar-refractivity contribution in [2.45, 2.75) is 19.2 Å². The van der Waals surface area contributed by atoms with Crippen molar-refractivity contribution in [3.8, 4) is 28.0 Å². The summed E-state index contributed by atoms with van der Waals surface area (Å²) >= 11 is 0. The zero-order valence-electron chi connectivity index (χ0n) is 24.7. The average Bonchev–Trinajstić information content (AvgIpc) is 3.55. The molecule has 0 unspecified atom stereocenters. The molecule has 5 aromatic rings. The molecule has 2 heterocycles. The second-order valence-electron chi connectivity index (χ2n) is 10.7. The highest BCUT2D eigenvalue weighted by molar-refractivity contribution is 7.85. The van der Waals surface area contributed by atoms with Crippen LogP contribution in [0.4, 0.5) is 5.69 Å². The first-order chi connectivity index (χ1) is 22.0. The smallest absolute Gasteiger partial charge is 0.375 e. The van der Waals surface area contributed by atoms with Gasteiger partial charge in [0.15, 0.2) is 5.75 Å². The number of hydrogen-bond acceptors (Lipinski definition) is 8. The Morgan fingerprint density at radius 1 is 0.870 bits per heavy atom. The van der Waals surface area contributed by atoms with Crippen LogP contribution in [0, 0.1) is 0 Å². The number of anilines is 1. The summed E-state index contributed by atoms with van der Waals surface area (Å²) in [6, 6.07) is 30.2. The van der Waals surface area contributed by atoms with Crippen LogP contribution in [-0.2, 0) is 26.1 Å². The summed E-state index contributed by atoms with van der Waals surface area (Å²) in [4.78, 5) is 1.64. The summed E-state index contributed by atoms with van der Waals surface area (Å²) in [5, 5.41) is 0. The third-order valence-electron chi connectivity index (χ3n) is 7.56. The van der Waals surface area contributed by atoms with Gasteiger partial charge in [-0.1, -0.05) is 79.7 Å². The predicted octanol–water partition coefficient (Wildman–Crippen LogP) is 5.98. The fourth-order valence-electron chi connectivity index (χ4n) is 5.33. The van der Waals surface area contributed by atoms with E-state index in [1.54, 1.807) is 35.3 Å². The number of rotatable bonds is 10. The van der Waals surface area contributed by atoms with Gasteiger partial charge in [-0.25, -0.2) is 8.42 Å². The van der Waals surface area contributed by atoms with Crippen LogP contribution in [0.3, 0.4) is 0 Å². The molecule has 1 aliphatic rings. The first kappa shape index (κ1) is 31.2. The fourth-order valence-corrected chi connectivity index (χ4v) is 6.33. The number of ether oxygens (including phenoxy) is 1. The van der Waals surface area contributed by atoms with Gasteiger partial charge in [0.2, 0.25) is 11.5 Å². The Hall–Kier alpha value is -4.75. The van der Waals surface area contributed by atoms with Gasteiger partial charge in [-0.3, -0.25) is 4.55 Å². The molecule has 1 aliphatic heterocycles. The molecule has 0 spiro atoms. The molecule has 0 aliphatic carbocycles. The van der Waals surface area contributed by atoms with Gasteiger partial charge < -0.3 is 18.6 Å². The fraction of sp³-hybridized carbons (Fsp3) is 0.147. The lowest BCUT2D eigenvalue weighted by atomic mass is 10.0. The van der Waals surface area contributed by atoms with E-state index < -0.39 is 31.9 Å². The van der Waals surface area contributed by atoms with E-state index in [2.05, 4.69) is 0 Å². The van der Waals surface area contributed by atoms with Crippen LogP contribution in [0.1, 0.15) is 19.2 Å². The van der Waals surface area contributed by atoms with Gasteiger partial charge in [-0.15, -0.1) is 4.57 Å². The molecular weight excluding hydrogens is 629 g/mol. The zero-order chi connectivity index (χ0) is 32.5. The second kappa shape index (κ2) is 12.6. The first-order valence-electron chi connectivity index (χ1n) is 14.4. The van der Waals surface area contributed by atoms with E-state index in [-0.39, 0.29) is 12.4 Å². The van der Waals surface area contributed by atoms with Crippen molar-refractivity contribution in [3.63, 3.8) is 0 Å². The van der Waals surface area contributed by atoms with Gasteiger partial charge >= 0.3 is 16.0 Å². The summed E-state index contributed by atoms with van der Waals surface area (Å²) in [7, 11) is -8.99. The highest BCUT2D eigenvalue weighted by atomic mass is 32.2. The summed E-state index contributed by atoms with van der Waals surface area (Å²) in [6.07, 6.45) is 3.79. The molecule has 0 radical (unpaired) electrons. The number of fused-ring (bicyclic) bond motifs is 2. The second-order valence-corrected chi connectivity index (χ2v) is 13.7. The van der Waals surface area contributed by atoms with Crippen LogP contribution < -0.4 is 14.2 Å². The molecule has 0 amide bonds. The Morgan fingerprint density at radius 2 is 1.50 bits per heavy atom. The van der Waals surface area contributed by atoms with Crippen molar-refractivity contribution in [2.24, 2.45) is 0 Å². The normalized spacial score (nSPS) is 14.5. The quantitative estimate of drug-likeness (QED) is 0.142. The van der Waals surface area contributed by atoms with E-state index in [0.717, 1.165) is 22.3 Å². The van der Waals surface area contributed by atoms with Crippen LogP contribution in [0.15, 0.2) is 119 Å². The van der Waals surface area contributed by atoms with E-state index in [1.165, 1.54) is 4.57 Å². The molecule has 12 heteroatoms. The minimum absolute atomic E-state index is 0.143. The van der Waals surface area contributed by atoms with Gasteiger partial charge in [0, 0.05) is 18.7 Å². The lowest BCUT2D eigenvalue weighted by Crippen LogP contribution is -2.39. The number of oxazole rings is 1. The molecule has 0 saturated heterocycles. The van der Waals surface area contributed by atoms with Crippen LogP contribution in [0.25, 0.3) is 39.4 Å². The predicted molar refractivity (Wildman–Crippen MR) is 174 cm³/mol. The maximum absolute atomic E-state index is 12.1.